The lowest BCUT2D eigenvalue weighted by molar-refractivity contribution is -0.129. The van der Waals surface area contributed by atoms with Crippen LogP contribution in [0.2, 0.25) is 0 Å². The lowest BCUT2D eigenvalue weighted by Crippen LogP contribution is -2.34. The summed E-state index contributed by atoms with van der Waals surface area (Å²) >= 11 is 0. The van der Waals surface area contributed by atoms with Gasteiger partial charge in [-0.1, -0.05) is 66.6 Å². The van der Waals surface area contributed by atoms with E-state index in [0.717, 1.165) is 23.1 Å². The van der Waals surface area contributed by atoms with Crippen molar-refractivity contribution in [2.24, 2.45) is 0 Å². The molecule has 32 heavy (non-hydrogen) atoms. The number of nitrogens with one attached hydrogen (secondary N) is 3. The minimum atomic E-state index is -0.589. The monoisotopic (exact) mass is 441 g/mol. The Balaban J connectivity index is 1.83. The van der Waals surface area contributed by atoms with Crippen LogP contribution in [0.25, 0.3) is 0 Å². The predicted molar refractivity (Wildman–Crippen MR) is 120 cm³/mol. The third kappa shape index (κ3) is 9.61. The summed E-state index contributed by atoms with van der Waals surface area (Å²) in [7, 11) is 0. The number of aryl methyl sites for hydroxylation is 1. The molecule has 2 rings (SSSR count). The minimum Gasteiger partial charge on any atom is -0.445 e. The Labute approximate surface area is 188 Å². The molecular weight excluding hydrogens is 410 g/mol. The first kappa shape index (κ1) is 24.9. The number of hydrogen-bond acceptors (Lipinski definition) is 5. The maximum atomic E-state index is 12.4. The Morgan fingerprint density at radius 3 is 2.34 bits per heavy atom. The topological polar surface area (TPSA) is 117 Å². The molecule has 2 aromatic carbocycles. The third-order valence-corrected chi connectivity index (χ3v) is 4.90. The molecule has 1 atom stereocenters. The number of amides is 3. The van der Waals surface area contributed by atoms with Crippen LogP contribution in [0.4, 0.5) is 4.79 Å². The van der Waals surface area contributed by atoms with E-state index in [-0.39, 0.29) is 25.4 Å². The molecule has 8 heteroatoms. The first-order valence-corrected chi connectivity index (χ1v) is 10.7. The largest absolute Gasteiger partial charge is 0.445 e. The predicted octanol–water partition coefficient (Wildman–Crippen LogP) is 3.53. The van der Waals surface area contributed by atoms with E-state index in [1.165, 1.54) is 0 Å². The molecule has 172 valence electrons. The van der Waals surface area contributed by atoms with Gasteiger partial charge < -0.3 is 15.4 Å². The molecule has 0 aliphatic carbocycles. The van der Waals surface area contributed by atoms with E-state index in [1.807, 2.05) is 61.5 Å². The Kier molecular flexibility index (Phi) is 10.7. The summed E-state index contributed by atoms with van der Waals surface area (Å²) in [6, 6.07) is 16.5. The number of hydrogen-bond donors (Lipinski definition) is 4. The van der Waals surface area contributed by atoms with E-state index in [9.17, 15) is 14.4 Å². The number of ether oxygens (including phenoxy) is 1. The van der Waals surface area contributed by atoms with Crippen LogP contribution in [0.3, 0.4) is 0 Å². The summed E-state index contributed by atoms with van der Waals surface area (Å²) in [5.74, 6) is -0.604. The van der Waals surface area contributed by atoms with Gasteiger partial charge in [0.15, 0.2) is 0 Å². The second-order valence-electron chi connectivity index (χ2n) is 7.57. The van der Waals surface area contributed by atoms with Crippen LogP contribution in [0.15, 0.2) is 54.6 Å². The molecule has 0 bridgehead atoms. The molecule has 2 aromatic rings. The Bertz CT molecular complexity index is 856. The van der Waals surface area contributed by atoms with Gasteiger partial charge >= 0.3 is 6.09 Å². The first-order valence-electron chi connectivity index (χ1n) is 10.7. The molecule has 0 aliphatic heterocycles. The average Bonchev–Trinajstić information content (AvgIpc) is 2.80. The maximum Gasteiger partial charge on any atom is 0.407 e. The van der Waals surface area contributed by atoms with Crippen molar-refractivity contribution >= 4 is 17.9 Å². The lowest BCUT2D eigenvalue weighted by atomic mass is 10.0. The number of unbranched alkanes of at least 4 members (excludes halogenated alkanes) is 2. The van der Waals surface area contributed by atoms with Crippen LogP contribution in [0.1, 0.15) is 54.8 Å². The van der Waals surface area contributed by atoms with Crippen LogP contribution in [-0.2, 0) is 20.9 Å². The van der Waals surface area contributed by atoms with Gasteiger partial charge in [-0.2, -0.15) is 0 Å². The molecule has 0 aliphatic rings. The van der Waals surface area contributed by atoms with E-state index in [2.05, 4.69) is 10.6 Å². The Morgan fingerprint density at radius 1 is 0.938 bits per heavy atom. The second kappa shape index (κ2) is 13.8. The van der Waals surface area contributed by atoms with Crippen LogP contribution in [-0.4, -0.2) is 29.7 Å². The standard InChI is InChI=1S/C24H31N3O5/c1-18-11-13-20(14-12-18)21(26-24(30)32-17-19-8-4-2-5-9-19)16-23(29)25-15-7-3-6-10-22(28)27-31/h2,4-5,8-9,11-14,21,31H,3,6-7,10,15-17H2,1H3,(H,25,29)(H,26,30)(H,27,28). The maximum absolute atomic E-state index is 12.4. The summed E-state index contributed by atoms with van der Waals surface area (Å²) in [6.45, 7) is 2.59. The quantitative estimate of drug-likeness (QED) is 0.228. The molecule has 0 aromatic heterocycles. The van der Waals surface area contributed by atoms with Crippen molar-refractivity contribution in [3.63, 3.8) is 0 Å². The second-order valence-corrected chi connectivity index (χ2v) is 7.57. The van der Waals surface area contributed by atoms with Crippen molar-refractivity contribution in [1.29, 1.82) is 0 Å². The molecule has 0 fully saturated rings. The lowest BCUT2D eigenvalue weighted by Gasteiger charge is -2.19. The fourth-order valence-corrected chi connectivity index (χ4v) is 3.09. The van der Waals surface area contributed by atoms with Crippen LogP contribution in [0, 0.1) is 6.92 Å². The van der Waals surface area contributed by atoms with E-state index < -0.39 is 18.0 Å². The highest BCUT2D eigenvalue weighted by Crippen LogP contribution is 2.18. The van der Waals surface area contributed by atoms with E-state index in [4.69, 9.17) is 9.94 Å². The fraction of sp³-hybridized carbons (Fsp3) is 0.375. The average molecular weight is 442 g/mol. The number of rotatable bonds is 12. The molecule has 0 saturated carbocycles. The summed E-state index contributed by atoms with van der Waals surface area (Å²) in [4.78, 5) is 35.8. The highest BCUT2D eigenvalue weighted by molar-refractivity contribution is 5.78. The molecule has 3 amide bonds. The Hall–Kier alpha value is -3.39. The van der Waals surface area contributed by atoms with E-state index >= 15 is 0 Å². The van der Waals surface area contributed by atoms with Crippen LogP contribution < -0.4 is 16.1 Å². The highest BCUT2D eigenvalue weighted by Gasteiger charge is 2.19. The first-order chi connectivity index (χ1) is 15.5. The van der Waals surface area contributed by atoms with Gasteiger partial charge in [-0.15, -0.1) is 0 Å². The zero-order chi connectivity index (χ0) is 23.2. The summed E-state index contributed by atoms with van der Waals surface area (Å²) < 4.78 is 5.31. The summed E-state index contributed by atoms with van der Waals surface area (Å²) in [5.41, 5.74) is 4.37. The molecule has 0 spiro atoms. The zero-order valence-corrected chi connectivity index (χ0v) is 18.3. The zero-order valence-electron chi connectivity index (χ0n) is 18.3. The highest BCUT2D eigenvalue weighted by atomic mass is 16.5. The summed E-state index contributed by atoms with van der Waals surface area (Å²) in [5, 5.41) is 14.1. The number of benzene rings is 2. The minimum absolute atomic E-state index is 0.0798. The van der Waals surface area contributed by atoms with Crippen molar-refractivity contribution in [3.05, 3.63) is 71.3 Å². The number of carbonyl (C=O) groups excluding carboxylic acids is 3. The van der Waals surface area contributed by atoms with Gasteiger partial charge in [-0.3, -0.25) is 14.8 Å². The van der Waals surface area contributed by atoms with E-state index in [0.29, 0.717) is 19.4 Å². The smallest absolute Gasteiger partial charge is 0.407 e. The molecular formula is C24H31N3O5. The van der Waals surface area contributed by atoms with Crippen molar-refractivity contribution in [3.8, 4) is 0 Å². The van der Waals surface area contributed by atoms with Gasteiger partial charge in [-0.05, 0) is 30.9 Å². The molecule has 1 unspecified atom stereocenters. The van der Waals surface area contributed by atoms with Crippen molar-refractivity contribution in [2.75, 3.05) is 6.54 Å². The van der Waals surface area contributed by atoms with Crippen molar-refractivity contribution in [2.45, 2.75) is 51.7 Å². The van der Waals surface area contributed by atoms with Gasteiger partial charge in [0, 0.05) is 13.0 Å². The normalized spacial score (nSPS) is 11.3. The number of hydroxylamine groups is 1. The molecule has 0 saturated heterocycles. The van der Waals surface area contributed by atoms with Gasteiger partial charge in [0.05, 0.1) is 12.5 Å². The Morgan fingerprint density at radius 2 is 1.66 bits per heavy atom. The molecule has 4 N–H and O–H groups in total. The number of alkyl carbamates (subject to hydrolysis) is 1. The van der Waals surface area contributed by atoms with Gasteiger partial charge in [0.2, 0.25) is 11.8 Å². The van der Waals surface area contributed by atoms with Crippen LogP contribution >= 0.6 is 0 Å². The van der Waals surface area contributed by atoms with E-state index in [1.54, 1.807) is 5.48 Å². The van der Waals surface area contributed by atoms with Gasteiger partial charge in [0.25, 0.3) is 0 Å². The van der Waals surface area contributed by atoms with Crippen LogP contribution in [0.5, 0.6) is 0 Å². The molecule has 0 radical (unpaired) electrons. The molecule has 0 heterocycles. The SMILES string of the molecule is Cc1ccc(C(CC(=O)NCCCCCC(=O)NO)NC(=O)OCc2ccccc2)cc1. The third-order valence-electron chi connectivity index (χ3n) is 4.90. The van der Waals surface area contributed by atoms with Crippen molar-refractivity contribution in [1.82, 2.24) is 16.1 Å². The summed E-state index contributed by atoms with van der Waals surface area (Å²) in [6.07, 6.45) is 1.83. The van der Waals surface area contributed by atoms with Crippen molar-refractivity contribution < 1.29 is 24.3 Å². The van der Waals surface area contributed by atoms with Gasteiger partial charge in [-0.25, -0.2) is 10.3 Å². The molecule has 8 nitrogen and oxygen atoms in total. The van der Waals surface area contributed by atoms with Gasteiger partial charge in [0.1, 0.15) is 6.61 Å². The number of carbonyl (C=O) groups is 3. The fourth-order valence-electron chi connectivity index (χ4n) is 3.09.